The molecule has 128 valence electrons. The van der Waals surface area contributed by atoms with Crippen molar-refractivity contribution in [3.63, 3.8) is 0 Å². The predicted molar refractivity (Wildman–Crippen MR) is 91.4 cm³/mol. The zero-order valence-corrected chi connectivity index (χ0v) is 13.8. The van der Waals surface area contributed by atoms with Crippen LogP contribution in [-0.2, 0) is 0 Å². The van der Waals surface area contributed by atoms with Crippen LogP contribution in [0.3, 0.4) is 0 Å². The lowest BCUT2D eigenvalue weighted by atomic mass is 9.63. The van der Waals surface area contributed by atoms with E-state index in [-0.39, 0.29) is 17.4 Å². The molecule has 2 aliphatic rings. The van der Waals surface area contributed by atoms with Gasteiger partial charge in [0.25, 0.3) is 0 Å². The molecular weight excluding hydrogens is 304 g/mol. The molecule has 0 N–H and O–H groups in total. The van der Waals surface area contributed by atoms with E-state index in [4.69, 9.17) is 9.37 Å². The van der Waals surface area contributed by atoms with Gasteiger partial charge in [0.15, 0.2) is 0 Å². The minimum atomic E-state index is -1.71. The average molecular weight is 332 g/mol. The Morgan fingerprint density at radius 2 is 2.00 bits per heavy atom. The Hall–Kier alpha value is -1.69. The van der Waals surface area contributed by atoms with E-state index in [2.05, 4.69) is 6.58 Å². The fourth-order valence-corrected chi connectivity index (χ4v) is 4.19. The number of halogens is 2. The Balaban J connectivity index is 1.87. The van der Waals surface area contributed by atoms with E-state index >= 15 is 0 Å². The first-order valence-corrected chi connectivity index (χ1v) is 8.70. The smallest absolute Gasteiger partial charge is 0.144 e. The van der Waals surface area contributed by atoms with Crippen molar-refractivity contribution in [2.24, 2.45) is 17.8 Å². The largest absolute Gasteiger partial charge is 0.205 e. The van der Waals surface area contributed by atoms with Crippen LogP contribution in [0.2, 0.25) is 0 Å². The number of fused-ring (bicyclic) bond motifs is 1. The molecule has 1 nitrogen and oxygen atoms in total. The van der Waals surface area contributed by atoms with Gasteiger partial charge < -0.3 is 0 Å². The molecule has 0 heterocycles. The van der Waals surface area contributed by atoms with Crippen molar-refractivity contribution < 1.29 is 12.9 Å². The molecule has 5 unspecified atom stereocenters. The lowest BCUT2D eigenvalue weighted by molar-refractivity contribution is 0.115. The van der Waals surface area contributed by atoms with Gasteiger partial charge in [0.2, 0.25) is 0 Å². The van der Waals surface area contributed by atoms with Gasteiger partial charge >= 0.3 is 0 Å². The summed E-state index contributed by atoms with van der Waals surface area (Å²) in [5, 5.41) is 8.85. The summed E-state index contributed by atoms with van der Waals surface area (Å²) in [6.07, 6.45) is 4.54. The van der Waals surface area contributed by atoms with Gasteiger partial charge in [-0.15, -0.1) is 6.58 Å². The van der Waals surface area contributed by atoms with E-state index in [0.29, 0.717) is 12.3 Å². The van der Waals surface area contributed by atoms with Crippen LogP contribution in [0.4, 0.5) is 8.78 Å². The fourth-order valence-electron chi connectivity index (χ4n) is 4.19. The molecule has 3 rings (SSSR count). The maximum atomic E-state index is 14.1. The summed E-state index contributed by atoms with van der Waals surface area (Å²) in [5.74, 6) is -2.14. The van der Waals surface area contributed by atoms with Crippen LogP contribution >= 0.6 is 0 Å². The monoisotopic (exact) mass is 332 g/mol. The van der Waals surface area contributed by atoms with Gasteiger partial charge in [0.05, 0.1) is 0 Å². The van der Waals surface area contributed by atoms with Crippen molar-refractivity contribution in [2.45, 2.75) is 57.2 Å². The van der Waals surface area contributed by atoms with E-state index in [1.165, 1.54) is 6.07 Å². The number of nitrogens with zero attached hydrogens (tertiary/aromatic N) is 1. The summed E-state index contributed by atoms with van der Waals surface area (Å²) in [7, 11) is 0. The molecule has 24 heavy (non-hydrogen) atoms. The summed E-state index contributed by atoms with van der Waals surface area (Å²) >= 11 is 0. The van der Waals surface area contributed by atoms with Crippen LogP contribution in [-0.4, -0.2) is 0 Å². The Labute approximate surface area is 147 Å². The third-order valence-electron chi connectivity index (χ3n) is 5.50. The van der Waals surface area contributed by atoms with Gasteiger partial charge in [-0.1, -0.05) is 12.5 Å². The molecule has 0 saturated heterocycles. The molecular formula is C21H25F2N. The normalized spacial score (nSPS) is 36.5. The van der Waals surface area contributed by atoms with Crippen LogP contribution in [0.1, 0.15) is 72.5 Å². The van der Waals surface area contributed by atoms with E-state index in [0.717, 1.165) is 44.2 Å². The Morgan fingerprint density at radius 3 is 2.67 bits per heavy atom. The van der Waals surface area contributed by atoms with Crippen LogP contribution in [0.15, 0.2) is 24.8 Å². The summed E-state index contributed by atoms with van der Waals surface area (Å²) < 4.78 is 54.0. The molecule has 3 heteroatoms. The molecule has 1 aromatic carbocycles. The zero-order valence-electron chi connectivity index (χ0n) is 16.8. The molecule has 5 atom stereocenters. The minimum Gasteiger partial charge on any atom is -0.205 e. The van der Waals surface area contributed by atoms with Crippen molar-refractivity contribution in [1.82, 2.24) is 0 Å². The van der Waals surface area contributed by atoms with Gasteiger partial charge in [-0.05, 0) is 86.2 Å². The van der Waals surface area contributed by atoms with E-state index in [1.54, 1.807) is 0 Å². The number of hydrogen-bond donors (Lipinski definition) is 0. The topological polar surface area (TPSA) is 23.8 Å². The average Bonchev–Trinajstić information content (AvgIpc) is 2.58. The molecule has 0 aromatic heterocycles. The van der Waals surface area contributed by atoms with Crippen LogP contribution < -0.4 is 0 Å². The van der Waals surface area contributed by atoms with E-state index in [9.17, 15) is 8.78 Å². The number of allylic oxidation sites excluding steroid dienone is 1. The minimum absolute atomic E-state index is 0.0422. The van der Waals surface area contributed by atoms with Crippen molar-refractivity contribution in [2.75, 3.05) is 0 Å². The van der Waals surface area contributed by atoms with Gasteiger partial charge in [0.1, 0.15) is 23.3 Å². The number of rotatable bonds is 4. The van der Waals surface area contributed by atoms with Crippen molar-refractivity contribution in [3.05, 3.63) is 47.5 Å². The first-order chi connectivity index (χ1) is 12.8. The SMILES string of the molecule is [2H]C1C2CCC(CCC=C)CC2CC([2H])([2H])C1c1cc(F)c(C#N)c(F)c1. The van der Waals surface area contributed by atoms with Gasteiger partial charge in [-0.25, -0.2) is 8.78 Å². The first-order valence-electron chi connectivity index (χ1n) is 10.3. The van der Waals surface area contributed by atoms with Gasteiger partial charge in [0, 0.05) is 4.11 Å². The quantitative estimate of drug-likeness (QED) is 0.611. The Morgan fingerprint density at radius 1 is 1.25 bits per heavy atom. The molecule has 2 saturated carbocycles. The molecule has 2 aliphatic carbocycles. The highest BCUT2D eigenvalue weighted by atomic mass is 19.1. The molecule has 0 amide bonds. The third-order valence-corrected chi connectivity index (χ3v) is 5.50. The van der Waals surface area contributed by atoms with Gasteiger partial charge in [-0.3, -0.25) is 0 Å². The molecule has 0 aliphatic heterocycles. The number of benzene rings is 1. The fraction of sp³-hybridized carbons (Fsp3) is 0.571. The van der Waals surface area contributed by atoms with E-state index in [1.807, 2.05) is 6.08 Å². The highest BCUT2D eigenvalue weighted by molar-refractivity contribution is 5.36. The maximum absolute atomic E-state index is 14.1. The van der Waals surface area contributed by atoms with Crippen LogP contribution in [0.5, 0.6) is 0 Å². The molecule has 0 spiro atoms. The zero-order chi connectivity index (χ0) is 19.8. The summed E-state index contributed by atoms with van der Waals surface area (Å²) in [6, 6.07) is 3.58. The summed E-state index contributed by atoms with van der Waals surface area (Å²) in [4.78, 5) is 0. The molecule has 0 radical (unpaired) electrons. The van der Waals surface area contributed by atoms with Crippen molar-refractivity contribution >= 4 is 0 Å². The first kappa shape index (κ1) is 13.6. The second kappa shape index (κ2) is 7.47. The predicted octanol–water partition coefficient (Wildman–Crippen LogP) is 6.10. The standard InChI is InChI=1S/C21H25F2N/c1-2-3-4-14-5-6-16-10-17(8-7-15(16)9-14)18-11-20(22)19(13-24)21(23)12-18/h2,11-12,14-17H,1,3-10H2/i8D2,10D. The molecule has 0 bridgehead atoms. The molecule has 1 aromatic rings. The molecule has 2 fully saturated rings. The summed E-state index contributed by atoms with van der Waals surface area (Å²) in [5.41, 5.74) is -0.501. The summed E-state index contributed by atoms with van der Waals surface area (Å²) in [6.45, 7) is 3.76. The highest BCUT2D eigenvalue weighted by Gasteiger charge is 2.36. The van der Waals surface area contributed by atoms with Crippen molar-refractivity contribution in [3.8, 4) is 6.07 Å². The van der Waals surface area contributed by atoms with E-state index < -0.39 is 35.9 Å². The Kier molecular flexibility index (Phi) is 4.23. The second-order valence-electron chi connectivity index (χ2n) is 7.02. The lowest BCUT2D eigenvalue weighted by Gasteiger charge is -2.42. The second-order valence-corrected chi connectivity index (χ2v) is 7.02. The lowest BCUT2D eigenvalue weighted by Crippen LogP contribution is -2.30. The van der Waals surface area contributed by atoms with Crippen molar-refractivity contribution in [1.29, 1.82) is 5.26 Å². The van der Waals surface area contributed by atoms with Gasteiger partial charge in [-0.2, -0.15) is 5.26 Å². The maximum Gasteiger partial charge on any atom is 0.144 e. The number of nitriles is 1. The van der Waals surface area contributed by atoms with Crippen LogP contribution in [0.25, 0.3) is 0 Å². The highest BCUT2D eigenvalue weighted by Crippen LogP contribution is 2.48. The Bertz CT molecular complexity index is 735. The van der Waals surface area contributed by atoms with Crippen LogP contribution in [0, 0.1) is 40.7 Å². The number of hydrogen-bond acceptors (Lipinski definition) is 1. The third kappa shape index (κ3) is 3.53.